The van der Waals surface area contributed by atoms with Crippen LogP contribution in [0.25, 0.3) is 33.6 Å². The van der Waals surface area contributed by atoms with Gasteiger partial charge in [0.2, 0.25) is 5.91 Å². The van der Waals surface area contributed by atoms with E-state index in [1.54, 1.807) is 4.90 Å². The summed E-state index contributed by atoms with van der Waals surface area (Å²) in [4.78, 5) is 59.4. The number of imidazole rings is 2. The number of hydrogen-bond acceptors (Lipinski definition) is 7. The third-order valence-corrected chi connectivity index (χ3v) is 11.4. The van der Waals surface area contributed by atoms with E-state index in [4.69, 9.17) is 19.4 Å². The number of nitrogens with zero attached hydrogens (tertiary/aromatic N) is 4. The molecule has 292 valence electrons. The van der Waals surface area contributed by atoms with Gasteiger partial charge in [-0.2, -0.15) is 0 Å². The van der Waals surface area contributed by atoms with Gasteiger partial charge in [-0.1, -0.05) is 45.0 Å². The van der Waals surface area contributed by atoms with Crippen molar-refractivity contribution in [1.29, 1.82) is 0 Å². The van der Waals surface area contributed by atoms with Crippen LogP contribution in [0.5, 0.6) is 0 Å². The predicted octanol–water partition coefficient (Wildman–Crippen LogP) is 8.37. The highest BCUT2D eigenvalue weighted by atomic mass is 16.6. The molecule has 0 radical (unpaired) electrons. The van der Waals surface area contributed by atoms with Gasteiger partial charge in [-0.05, 0) is 124 Å². The summed E-state index contributed by atoms with van der Waals surface area (Å²) >= 11 is 0. The molecule has 2 aliphatic carbocycles. The van der Waals surface area contributed by atoms with Crippen molar-refractivity contribution in [1.82, 2.24) is 35.1 Å². The van der Waals surface area contributed by atoms with Crippen molar-refractivity contribution >= 4 is 18.1 Å². The average Bonchev–Trinajstić information content (AvgIpc) is 3.99. The van der Waals surface area contributed by atoms with Gasteiger partial charge >= 0.3 is 12.2 Å². The van der Waals surface area contributed by atoms with E-state index in [1.807, 2.05) is 65.8 Å². The lowest BCUT2D eigenvalue weighted by molar-refractivity contribution is -0.136. The van der Waals surface area contributed by atoms with Crippen LogP contribution < -0.4 is 5.32 Å². The number of alkyl carbamates (subject to hydrolysis) is 1. The summed E-state index contributed by atoms with van der Waals surface area (Å²) in [5.41, 5.74) is 8.44. The topological polar surface area (TPSA) is 146 Å². The fourth-order valence-corrected chi connectivity index (χ4v) is 8.74. The van der Waals surface area contributed by atoms with Gasteiger partial charge in [0.05, 0.1) is 43.0 Å². The van der Waals surface area contributed by atoms with Crippen LogP contribution >= 0.6 is 0 Å². The minimum atomic E-state index is -0.712. The largest absolute Gasteiger partial charge is 0.453 e. The second-order valence-corrected chi connectivity index (χ2v) is 16.7. The molecule has 7 rings (SSSR count). The first kappa shape index (κ1) is 38.2. The van der Waals surface area contributed by atoms with E-state index in [0.717, 1.165) is 66.9 Å². The second-order valence-electron chi connectivity index (χ2n) is 16.7. The highest BCUT2D eigenvalue weighted by Crippen LogP contribution is 2.50. The molecule has 2 aromatic heterocycles. The first-order chi connectivity index (χ1) is 26.3. The summed E-state index contributed by atoms with van der Waals surface area (Å²) < 4.78 is 10.6. The first-order valence-corrected chi connectivity index (χ1v) is 19.8. The van der Waals surface area contributed by atoms with Gasteiger partial charge < -0.3 is 29.7 Å². The van der Waals surface area contributed by atoms with Crippen LogP contribution in [0.15, 0.2) is 48.8 Å². The van der Waals surface area contributed by atoms with Gasteiger partial charge in [-0.15, -0.1) is 0 Å². The standard InChI is InChI=1S/C43H55N7O5/c1-9-18-49(40(51)36(24(2)3)48-41(52)54-8)25(4)38-44-22-34(46-38)28-13-16-32-26(19-28)10-11-27-20-29(14-17-33(27)32)35-23-45-39(47-35)37-30-12-15-31(21-30)50(37)42(53)55-43(5,6)7/h13-14,16-17,19-20,22-25,30-31,36-37H,9-12,15,18,21H2,1-8H3,(H,44,46)(H,45,47)(H,48,52)/t25-,30-,31+,36-,37?/m0/s1. The monoisotopic (exact) mass is 749 g/mol. The number of methoxy groups -OCH3 is 1. The number of carbonyl (C=O) groups excluding carboxylic acids is 3. The number of hydrogen-bond donors (Lipinski definition) is 3. The molecule has 3 amide bonds. The Morgan fingerprint density at radius 3 is 2.18 bits per heavy atom. The molecule has 3 heterocycles. The molecule has 2 bridgehead atoms. The number of carbonyl (C=O) groups is 3. The van der Waals surface area contributed by atoms with Crippen LogP contribution in [0, 0.1) is 11.8 Å². The number of aryl methyl sites for hydroxylation is 2. The quantitative estimate of drug-likeness (QED) is 0.148. The van der Waals surface area contributed by atoms with Gasteiger partial charge in [0.15, 0.2) is 0 Å². The van der Waals surface area contributed by atoms with Crippen LogP contribution in [0.3, 0.4) is 0 Å². The number of fused-ring (bicyclic) bond motifs is 5. The third kappa shape index (κ3) is 7.60. The molecule has 1 aliphatic heterocycles. The lowest BCUT2D eigenvalue weighted by Crippen LogP contribution is -2.52. The molecule has 1 saturated carbocycles. The number of ether oxygens (including phenoxy) is 2. The van der Waals surface area contributed by atoms with Gasteiger partial charge in [-0.3, -0.25) is 9.69 Å². The maximum absolute atomic E-state index is 13.7. The summed E-state index contributed by atoms with van der Waals surface area (Å²) in [6.07, 6.45) is 8.55. The summed E-state index contributed by atoms with van der Waals surface area (Å²) in [5, 5.41) is 2.71. The summed E-state index contributed by atoms with van der Waals surface area (Å²) in [6, 6.07) is 12.3. The highest BCUT2D eigenvalue weighted by Gasteiger charge is 2.51. The molecule has 1 unspecified atom stereocenters. The molecule has 2 fully saturated rings. The van der Waals surface area contributed by atoms with E-state index in [9.17, 15) is 14.4 Å². The summed E-state index contributed by atoms with van der Waals surface area (Å²) in [6.45, 7) is 14.1. The van der Waals surface area contributed by atoms with Crippen molar-refractivity contribution < 1.29 is 23.9 Å². The van der Waals surface area contributed by atoms with Crippen molar-refractivity contribution in [3.8, 4) is 33.6 Å². The minimum absolute atomic E-state index is 0.0967. The molecule has 2 aromatic carbocycles. The van der Waals surface area contributed by atoms with Crippen LogP contribution in [0.1, 0.15) is 109 Å². The van der Waals surface area contributed by atoms with Crippen molar-refractivity contribution in [2.75, 3.05) is 13.7 Å². The van der Waals surface area contributed by atoms with E-state index < -0.39 is 17.7 Å². The van der Waals surface area contributed by atoms with Gasteiger partial charge in [0, 0.05) is 12.6 Å². The van der Waals surface area contributed by atoms with Crippen molar-refractivity contribution in [3.05, 3.63) is 71.6 Å². The van der Waals surface area contributed by atoms with E-state index >= 15 is 0 Å². The van der Waals surface area contributed by atoms with E-state index in [0.29, 0.717) is 18.3 Å². The molecule has 3 aliphatic rings. The molecule has 4 aromatic rings. The predicted molar refractivity (Wildman–Crippen MR) is 211 cm³/mol. The molecule has 0 spiro atoms. The number of benzene rings is 2. The Hall–Kier alpha value is -5.13. The Morgan fingerprint density at radius 2 is 1.58 bits per heavy atom. The third-order valence-electron chi connectivity index (χ3n) is 11.4. The smallest absolute Gasteiger partial charge is 0.411 e. The van der Waals surface area contributed by atoms with E-state index in [-0.39, 0.29) is 36.0 Å². The number of H-pyrrole nitrogens is 2. The van der Waals surface area contributed by atoms with Gasteiger partial charge in [0.1, 0.15) is 23.3 Å². The SMILES string of the molecule is CCCN(C(=O)[C@@H](NC(=O)OC)C(C)C)[C@@H](C)c1ncc(-c2ccc3c(c2)CCc2cc(-c4cnc(C5[C@H]6CC[C@H](C6)N5C(=O)OC(C)(C)C)[nH]4)ccc2-3)[nH]1. The Labute approximate surface area is 323 Å². The molecule has 1 saturated heterocycles. The lowest BCUT2D eigenvalue weighted by atomic mass is 9.83. The molecular formula is C43H55N7O5. The summed E-state index contributed by atoms with van der Waals surface area (Å²) in [5.74, 6) is 1.62. The zero-order valence-electron chi connectivity index (χ0n) is 33.4. The molecule has 3 N–H and O–H groups in total. The Morgan fingerprint density at radius 1 is 0.945 bits per heavy atom. The zero-order chi connectivity index (χ0) is 39.2. The van der Waals surface area contributed by atoms with Crippen molar-refractivity contribution in [2.24, 2.45) is 11.8 Å². The normalized spacial score (nSPS) is 19.8. The number of rotatable bonds is 10. The van der Waals surface area contributed by atoms with E-state index in [1.165, 1.54) is 29.4 Å². The van der Waals surface area contributed by atoms with Gasteiger partial charge in [0.25, 0.3) is 0 Å². The van der Waals surface area contributed by atoms with Crippen LogP contribution in [-0.4, -0.2) is 79.2 Å². The Kier molecular flexibility index (Phi) is 10.5. The lowest BCUT2D eigenvalue weighted by Gasteiger charge is -2.35. The fraction of sp³-hybridized carbons (Fsp3) is 0.512. The fourth-order valence-electron chi connectivity index (χ4n) is 8.74. The van der Waals surface area contributed by atoms with E-state index in [2.05, 4.69) is 51.7 Å². The van der Waals surface area contributed by atoms with Crippen molar-refractivity contribution in [2.45, 2.75) is 117 Å². The molecular weight excluding hydrogens is 695 g/mol. The molecule has 5 atom stereocenters. The Balaban J connectivity index is 1.07. The second kappa shape index (κ2) is 15.2. The van der Waals surface area contributed by atoms with Crippen LogP contribution in [0.2, 0.25) is 0 Å². The Bertz CT molecular complexity index is 2060. The number of amides is 3. The minimum Gasteiger partial charge on any atom is -0.453 e. The summed E-state index contributed by atoms with van der Waals surface area (Å²) in [7, 11) is 1.30. The number of piperidine rings is 1. The van der Waals surface area contributed by atoms with Crippen LogP contribution in [0.4, 0.5) is 9.59 Å². The average molecular weight is 750 g/mol. The maximum atomic E-state index is 13.7. The van der Waals surface area contributed by atoms with Gasteiger partial charge in [-0.25, -0.2) is 19.6 Å². The maximum Gasteiger partial charge on any atom is 0.411 e. The number of aromatic amines is 2. The first-order valence-electron chi connectivity index (χ1n) is 19.8. The number of likely N-dealkylation sites (tertiary alicyclic amines) is 1. The molecule has 12 nitrogen and oxygen atoms in total. The zero-order valence-corrected chi connectivity index (χ0v) is 33.4. The molecule has 12 heteroatoms. The number of nitrogens with one attached hydrogen (secondary N) is 3. The molecule has 55 heavy (non-hydrogen) atoms. The highest BCUT2D eigenvalue weighted by molar-refractivity contribution is 5.86. The van der Waals surface area contributed by atoms with Crippen LogP contribution in [-0.2, 0) is 27.1 Å². The van der Waals surface area contributed by atoms with Crippen molar-refractivity contribution in [3.63, 3.8) is 0 Å². The number of aromatic nitrogens is 4.